The van der Waals surface area contributed by atoms with Crippen molar-refractivity contribution in [3.63, 3.8) is 0 Å². The van der Waals surface area contributed by atoms with Gasteiger partial charge in [-0.1, -0.05) is 266 Å². The normalized spacial score (nSPS) is 14.6. The Morgan fingerprint density at radius 2 is 0.585 bits per heavy atom. The third-order valence-corrected chi connectivity index (χ3v) is 16.8. The maximum Gasteiger partial charge on any atom is 0.472 e. The number of unbranched alkanes of at least 4 members (excludes halogenated alkanes) is 34. The Bertz CT molecular complexity index is 1600. The highest BCUT2D eigenvalue weighted by Gasteiger charge is 2.30. The molecule has 0 aromatic rings. The van der Waals surface area contributed by atoms with Gasteiger partial charge in [0.2, 0.25) is 0 Å². The molecule has 0 heterocycles. The van der Waals surface area contributed by atoms with Crippen LogP contribution in [0.25, 0.3) is 0 Å². The highest BCUT2D eigenvalue weighted by atomic mass is 31.2. The quantitative estimate of drug-likeness (QED) is 0.0222. The van der Waals surface area contributed by atoms with Crippen LogP contribution < -0.4 is 0 Å². The Balaban J connectivity index is 5.24. The number of carbonyl (C=O) groups excluding carboxylic acids is 4. The predicted octanol–water partition coefficient (Wildman–Crippen LogP) is 17.4. The number of hydrogen-bond acceptors (Lipinski definition) is 15. The van der Waals surface area contributed by atoms with Crippen LogP contribution in [0.5, 0.6) is 0 Å². The molecule has 0 aromatic heterocycles. The van der Waals surface area contributed by atoms with Crippen molar-refractivity contribution in [3.8, 4) is 0 Å². The molecule has 6 atom stereocenters. The van der Waals surface area contributed by atoms with Crippen LogP contribution in [0.4, 0.5) is 0 Å². The molecule has 486 valence electrons. The van der Waals surface area contributed by atoms with Gasteiger partial charge in [-0.15, -0.1) is 0 Å². The highest BCUT2D eigenvalue weighted by Crippen LogP contribution is 2.45. The SMILES string of the molecule is CCCCCCCCCCCCC(=O)OC[C@H](COP(=O)(O)OC[C@H](O)COP(=O)(O)OC[C@@H](COC(=O)CCCCCCCCCCCC)OC(=O)CCCCCCCCCCC(C)CC)OC(=O)CCCCCCCCCCCC. The largest absolute Gasteiger partial charge is 0.472 e. The molecule has 3 unspecified atom stereocenters. The van der Waals surface area contributed by atoms with E-state index in [2.05, 4.69) is 34.6 Å². The number of phosphoric ester groups is 2. The molecular formula is C63H122O17P2. The minimum atomic E-state index is -4.94. The molecule has 17 nitrogen and oxygen atoms in total. The van der Waals surface area contributed by atoms with E-state index in [1.54, 1.807) is 0 Å². The fourth-order valence-corrected chi connectivity index (χ4v) is 11.0. The summed E-state index contributed by atoms with van der Waals surface area (Å²) in [4.78, 5) is 72.1. The first-order chi connectivity index (χ1) is 39.6. The van der Waals surface area contributed by atoms with Gasteiger partial charge < -0.3 is 33.8 Å². The number of aliphatic hydroxyl groups is 1. The molecule has 0 saturated carbocycles. The second-order valence-corrected chi connectivity index (χ2v) is 25.9. The number of ether oxygens (including phenoxy) is 4. The van der Waals surface area contributed by atoms with Crippen LogP contribution in [0.1, 0.15) is 317 Å². The van der Waals surface area contributed by atoms with E-state index in [0.717, 1.165) is 95.8 Å². The van der Waals surface area contributed by atoms with Gasteiger partial charge in [-0.2, -0.15) is 0 Å². The molecule has 0 fully saturated rings. The van der Waals surface area contributed by atoms with E-state index < -0.39 is 97.5 Å². The third kappa shape index (κ3) is 55.9. The average molecular weight is 1210 g/mol. The molecule has 0 radical (unpaired) electrons. The molecule has 0 aliphatic rings. The summed E-state index contributed by atoms with van der Waals surface area (Å²) in [6, 6.07) is 0. The van der Waals surface area contributed by atoms with Gasteiger partial charge in [-0.3, -0.25) is 37.3 Å². The van der Waals surface area contributed by atoms with Gasteiger partial charge in [0.1, 0.15) is 19.3 Å². The molecule has 0 bridgehead atoms. The molecule has 19 heteroatoms. The smallest absolute Gasteiger partial charge is 0.462 e. The fraction of sp³-hybridized carbons (Fsp3) is 0.937. The second-order valence-electron chi connectivity index (χ2n) is 23.0. The zero-order chi connectivity index (χ0) is 60.6. The highest BCUT2D eigenvalue weighted by molar-refractivity contribution is 7.47. The van der Waals surface area contributed by atoms with E-state index >= 15 is 0 Å². The van der Waals surface area contributed by atoms with Crippen LogP contribution in [0.15, 0.2) is 0 Å². The number of carbonyl (C=O) groups is 4. The topological polar surface area (TPSA) is 237 Å². The molecule has 0 amide bonds. The Morgan fingerprint density at radius 1 is 0.341 bits per heavy atom. The van der Waals surface area contributed by atoms with Gasteiger partial charge >= 0.3 is 39.5 Å². The summed E-state index contributed by atoms with van der Waals surface area (Å²) in [6.07, 6.45) is 40.1. The van der Waals surface area contributed by atoms with E-state index in [-0.39, 0.29) is 25.7 Å². The molecule has 0 aliphatic heterocycles. The van der Waals surface area contributed by atoms with Crippen molar-refractivity contribution in [2.24, 2.45) is 5.92 Å². The Kier molecular flexibility index (Phi) is 55.5. The summed E-state index contributed by atoms with van der Waals surface area (Å²) in [6.45, 7) is 7.16. The van der Waals surface area contributed by atoms with Gasteiger partial charge in [-0.05, 0) is 31.6 Å². The molecule has 0 spiro atoms. The second kappa shape index (κ2) is 56.8. The van der Waals surface area contributed by atoms with Crippen LogP contribution in [-0.4, -0.2) is 96.7 Å². The van der Waals surface area contributed by atoms with E-state index in [9.17, 15) is 43.2 Å². The van der Waals surface area contributed by atoms with Crippen LogP contribution in [0.2, 0.25) is 0 Å². The monoisotopic (exact) mass is 1210 g/mol. The van der Waals surface area contributed by atoms with E-state index in [0.29, 0.717) is 25.7 Å². The summed E-state index contributed by atoms with van der Waals surface area (Å²) >= 11 is 0. The summed E-state index contributed by atoms with van der Waals surface area (Å²) < 4.78 is 67.9. The van der Waals surface area contributed by atoms with Gasteiger partial charge in [0, 0.05) is 25.7 Å². The van der Waals surface area contributed by atoms with Crippen molar-refractivity contribution < 1.29 is 80.2 Å². The van der Waals surface area contributed by atoms with Gasteiger partial charge in [0.05, 0.1) is 26.4 Å². The Morgan fingerprint density at radius 3 is 0.866 bits per heavy atom. The predicted molar refractivity (Wildman–Crippen MR) is 326 cm³/mol. The van der Waals surface area contributed by atoms with Crippen molar-refractivity contribution in [2.75, 3.05) is 39.6 Å². The zero-order valence-corrected chi connectivity index (χ0v) is 54.4. The molecule has 3 N–H and O–H groups in total. The van der Waals surface area contributed by atoms with Gasteiger partial charge in [0.15, 0.2) is 12.2 Å². The summed E-state index contributed by atoms with van der Waals surface area (Å²) in [5.41, 5.74) is 0. The minimum Gasteiger partial charge on any atom is -0.462 e. The Hall–Kier alpha value is -1.94. The van der Waals surface area contributed by atoms with Gasteiger partial charge in [0.25, 0.3) is 0 Å². The van der Waals surface area contributed by atoms with Crippen molar-refractivity contribution >= 4 is 39.5 Å². The first kappa shape index (κ1) is 80.1. The van der Waals surface area contributed by atoms with Crippen molar-refractivity contribution in [2.45, 2.75) is 335 Å². The van der Waals surface area contributed by atoms with E-state index in [1.807, 2.05) is 0 Å². The van der Waals surface area contributed by atoms with Crippen molar-refractivity contribution in [3.05, 3.63) is 0 Å². The van der Waals surface area contributed by atoms with Crippen LogP contribution in [0, 0.1) is 5.92 Å². The molecule has 0 aliphatic carbocycles. The third-order valence-electron chi connectivity index (χ3n) is 14.9. The van der Waals surface area contributed by atoms with Crippen molar-refractivity contribution in [1.82, 2.24) is 0 Å². The summed E-state index contributed by atoms with van der Waals surface area (Å²) in [7, 11) is -9.88. The number of hydrogen-bond donors (Lipinski definition) is 3. The number of aliphatic hydroxyl groups excluding tert-OH is 1. The van der Waals surface area contributed by atoms with Crippen molar-refractivity contribution in [1.29, 1.82) is 0 Å². The lowest BCUT2D eigenvalue weighted by molar-refractivity contribution is -0.161. The van der Waals surface area contributed by atoms with Crippen LogP contribution >= 0.6 is 15.6 Å². The van der Waals surface area contributed by atoms with Gasteiger partial charge in [-0.25, -0.2) is 9.13 Å². The number of rotatable bonds is 63. The van der Waals surface area contributed by atoms with Crippen LogP contribution in [0.3, 0.4) is 0 Å². The fourth-order valence-electron chi connectivity index (χ4n) is 9.37. The lowest BCUT2D eigenvalue weighted by atomic mass is 9.99. The first-order valence-electron chi connectivity index (χ1n) is 33.2. The lowest BCUT2D eigenvalue weighted by Gasteiger charge is -2.21. The molecular weight excluding hydrogens is 1090 g/mol. The Labute approximate surface area is 498 Å². The minimum absolute atomic E-state index is 0.105. The molecule has 0 saturated heterocycles. The van der Waals surface area contributed by atoms with E-state index in [1.165, 1.54) is 141 Å². The summed E-state index contributed by atoms with van der Waals surface area (Å²) in [5.74, 6) is -1.36. The molecule has 0 rings (SSSR count). The molecule has 82 heavy (non-hydrogen) atoms. The average Bonchev–Trinajstić information content (AvgIpc) is 3.45. The van der Waals surface area contributed by atoms with Crippen LogP contribution in [-0.2, 0) is 65.4 Å². The maximum absolute atomic E-state index is 13.0. The first-order valence-corrected chi connectivity index (χ1v) is 36.2. The lowest BCUT2D eigenvalue weighted by Crippen LogP contribution is -2.30. The zero-order valence-electron chi connectivity index (χ0n) is 52.6. The standard InChI is InChI=1S/C63H122O17P2/c1-6-10-13-16-19-22-25-31-36-41-46-60(65)73-52-58(79-62(67)48-43-38-33-27-24-21-18-15-12-8-3)54-77-81(69,70)75-50-57(64)51-76-82(71,72)78-55-59(53-74-61(66)47-42-37-32-26-23-20-17-14-11-7-2)80-63(68)49-44-39-34-29-28-30-35-40-45-56(5)9-4/h56-59,64H,6-55H2,1-5H3,(H,69,70)(H,71,72)/t56?,57-,58+,59+/m0/s1. The number of esters is 4. The maximum atomic E-state index is 13.0. The summed E-state index contributed by atoms with van der Waals surface area (Å²) in [5, 5.41) is 10.5. The van der Waals surface area contributed by atoms with E-state index in [4.69, 9.17) is 37.0 Å². The number of phosphoric acid groups is 2. The molecule has 0 aromatic carbocycles.